The Bertz CT molecular complexity index is 1240. The van der Waals surface area contributed by atoms with Gasteiger partial charge < -0.3 is 9.73 Å². The summed E-state index contributed by atoms with van der Waals surface area (Å²) in [4.78, 5) is 16.3. The molecular weight excluding hydrogens is 428 g/mol. The highest BCUT2D eigenvalue weighted by molar-refractivity contribution is 7.90. The lowest BCUT2D eigenvalue weighted by Crippen LogP contribution is -2.32. The molecular formula is C21H19F2N3O4S. The van der Waals surface area contributed by atoms with Crippen molar-refractivity contribution in [2.45, 2.75) is 30.6 Å². The van der Waals surface area contributed by atoms with E-state index in [1.807, 2.05) is 0 Å². The average Bonchev–Trinajstić information content (AvgIpc) is 3.20. The van der Waals surface area contributed by atoms with Crippen molar-refractivity contribution in [1.82, 2.24) is 9.71 Å². The van der Waals surface area contributed by atoms with Crippen LogP contribution in [-0.2, 0) is 27.7 Å². The van der Waals surface area contributed by atoms with E-state index in [1.54, 1.807) is 12.1 Å². The van der Waals surface area contributed by atoms with Gasteiger partial charge in [0.15, 0.2) is 11.7 Å². The van der Waals surface area contributed by atoms with Gasteiger partial charge in [0.25, 0.3) is 10.0 Å². The number of hydrogen-bond acceptors (Lipinski definition) is 6. The zero-order valence-electron chi connectivity index (χ0n) is 16.3. The van der Waals surface area contributed by atoms with Gasteiger partial charge in [-0.3, -0.25) is 4.79 Å². The van der Waals surface area contributed by atoms with Crippen molar-refractivity contribution in [2.24, 2.45) is 0 Å². The molecule has 0 saturated heterocycles. The molecule has 0 atom stereocenters. The van der Waals surface area contributed by atoms with Gasteiger partial charge in [-0.1, -0.05) is 6.07 Å². The van der Waals surface area contributed by atoms with Gasteiger partial charge in [0.1, 0.15) is 11.6 Å². The summed E-state index contributed by atoms with van der Waals surface area (Å²) in [7, 11) is -4.03. The largest absolute Gasteiger partial charge is 0.441 e. The summed E-state index contributed by atoms with van der Waals surface area (Å²) >= 11 is 0. The zero-order valence-corrected chi connectivity index (χ0v) is 17.1. The van der Waals surface area contributed by atoms with E-state index in [0.717, 1.165) is 30.8 Å². The van der Waals surface area contributed by atoms with Crippen molar-refractivity contribution in [3.8, 4) is 11.3 Å². The number of hydrogen-bond donors (Lipinski definition) is 2. The molecule has 31 heavy (non-hydrogen) atoms. The van der Waals surface area contributed by atoms with Crippen molar-refractivity contribution in [1.29, 1.82) is 0 Å². The van der Waals surface area contributed by atoms with E-state index >= 15 is 0 Å². The maximum atomic E-state index is 13.9. The van der Waals surface area contributed by atoms with Crippen LogP contribution in [0.3, 0.4) is 0 Å². The molecule has 2 heterocycles. The molecule has 0 bridgehead atoms. The van der Waals surface area contributed by atoms with Crippen molar-refractivity contribution >= 4 is 21.6 Å². The maximum absolute atomic E-state index is 13.9. The van der Waals surface area contributed by atoms with Gasteiger partial charge in [-0.05, 0) is 42.7 Å². The number of anilines is 1. The quantitative estimate of drug-likeness (QED) is 0.601. The lowest BCUT2D eigenvalue weighted by molar-refractivity contribution is -0.119. The van der Waals surface area contributed by atoms with Crippen LogP contribution in [0.1, 0.15) is 24.3 Å². The van der Waals surface area contributed by atoms with Crippen LogP contribution in [0.15, 0.2) is 51.9 Å². The molecule has 0 unspecified atom stereocenters. The molecule has 10 heteroatoms. The van der Waals surface area contributed by atoms with Crippen molar-refractivity contribution in [2.75, 3.05) is 11.9 Å². The first-order valence-electron chi connectivity index (χ1n) is 9.65. The minimum atomic E-state index is -4.03. The van der Waals surface area contributed by atoms with E-state index in [9.17, 15) is 22.0 Å². The van der Waals surface area contributed by atoms with Crippen LogP contribution < -0.4 is 10.0 Å². The number of nitrogens with one attached hydrogen (secondary N) is 2. The molecule has 1 aromatic heterocycles. The Morgan fingerprint density at radius 3 is 2.87 bits per heavy atom. The summed E-state index contributed by atoms with van der Waals surface area (Å²) in [6, 6.07) is 7.95. The summed E-state index contributed by atoms with van der Waals surface area (Å²) in [5.41, 5.74) is 1.45. The Morgan fingerprint density at radius 2 is 2.06 bits per heavy atom. The van der Waals surface area contributed by atoms with Gasteiger partial charge in [-0.25, -0.2) is 26.9 Å². The smallest absolute Gasteiger partial charge is 0.264 e. The summed E-state index contributed by atoms with van der Waals surface area (Å²) < 4.78 is 59.8. The van der Waals surface area contributed by atoms with Crippen molar-refractivity contribution in [3.05, 3.63) is 65.7 Å². The molecule has 4 rings (SSSR count). The molecule has 2 aromatic carbocycles. The summed E-state index contributed by atoms with van der Waals surface area (Å²) in [6.45, 7) is 0.767. The first-order chi connectivity index (χ1) is 14.8. The van der Waals surface area contributed by atoms with Crippen molar-refractivity contribution in [3.63, 3.8) is 0 Å². The molecule has 162 valence electrons. The Morgan fingerprint density at radius 1 is 1.23 bits per heavy atom. The fourth-order valence-corrected chi connectivity index (χ4v) is 4.75. The van der Waals surface area contributed by atoms with E-state index < -0.39 is 27.6 Å². The maximum Gasteiger partial charge on any atom is 0.264 e. The number of aromatic nitrogens is 1. The summed E-state index contributed by atoms with van der Waals surface area (Å²) in [6.07, 6.45) is 2.49. The van der Waals surface area contributed by atoms with Gasteiger partial charge >= 0.3 is 0 Å². The average molecular weight is 447 g/mol. The number of oxazole rings is 1. The molecule has 0 radical (unpaired) electrons. The van der Waals surface area contributed by atoms with Crippen molar-refractivity contribution < 1.29 is 26.4 Å². The number of benzene rings is 2. The highest BCUT2D eigenvalue weighted by Gasteiger charge is 2.24. The molecule has 0 saturated carbocycles. The minimum Gasteiger partial charge on any atom is -0.441 e. The second-order valence-corrected chi connectivity index (χ2v) is 8.73. The van der Waals surface area contributed by atoms with E-state index in [4.69, 9.17) is 4.42 Å². The summed E-state index contributed by atoms with van der Waals surface area (Å²) in [5.74, 6) is -2.01. The Labute approximate surface area is 177 Å². The number of nitrogens with zero attached hydrogens (tertiary/aromatic N) is 1. The predicted octanol–water partition coefficient (Wildman–Crippen LogP) is 3.42. The molecule has 2 N–H and O–H groups in total. The van der Waals surface area contributed by atoms with Crippen LogP contribution in [0.4, 0.5) is 14.5 Å². The third-order valence-corrected chi connectivity index (χ3v) is 6.36. The van der Waals surface area contributed by atoms with Crippen LogP contribution in [0.5, 0.6) is 0 Å². The molecule has 1 aliphatic rings. The monoisotopic (exact) mass is 447 g/mol. The lowest BCUT2D eigenvalue weighted by Gasteiger charge is -2.20. The van der Waals surface area contributed by atoms with Crippen LogP contribution in [0.2, 0.25) is 0 Å². The first-order valence-corrected chi connectivity index (χ1v) is 11.1. The predicted molar refractivity (Wildman–Crippen MR) is 109 cm³/mol. The second-order valence-electron chi connectivity index (χ2n) is 7.08. The number of fused-ring (bicyclic) bond motifs is 1. The summed E-state index contributed by atoms with van der Waals surface area (Å²) in [5, 5.41) is 3.15. The number of rotatable bonds is 6. The number of sulfonamides is 1. The topological polar surface area (TPSA) is 101 Å². The zero-order chi connectivity index (χ0) is 22.0. The standard InChI is InChI=1S/C21H19F2N3O4S/c22-13-6-7-14(16(23)11-13)18-12-25-21(30-18)9-8-20(27)26-31(28,29)19-5-1-4-17-15(19)3-2-10-24-17/h1,4-7,11-12,24H,2-3,8-10H2,(H,26,27). The third kappa shape index (κ3) is 4.58. The Hall–Kier alpha value is -3.27. The molecule has 0 aliphatic carbocycles. The number of halogens is 2. The van der Waals surface area contributed by atoms with E-state index in [0.29, 0.717) is 12.0 Å². The van der Waals surface area contributed by atoms with Gasteiger partial charge in [0, 0.05) is 31.1 Å². The molecule has 7 nitrogen and oxygen atoms in total. The molecule has 0 fully saturated rings. The second kappa shape index (κ2) is 8.46. The Kier molecular flexibility index (Phi) is 5.73. The van der Waals surface area contributed by atoms with E-state index in [-0.39, 0.29) is 35.0 Å². The molecule has 0 spiro atoms. The first kappa shape index (κ1) is 21.0. The number of aryl methyl sites for hydroxylation is 1. The van der Waals surface area contributed by atoms with Crippen LogP contribution >= 0.6 is 0 Å². The third-order valence-electron chi connectivity index (χ3n) is 4.91. The van der Waals surface area contributed by atoms with Crippen LogP contribution in [0, 0.1) is 11.6 Å². The van der Waals surface area contributed by atoms with Gasteiger partial charge in [-0.2, -0.15) is 0 Å². The highest BCUT2D eigenvalue weighted by Crippen LogP contribution is 2.28. The van der Waals surface area contributed by atoms with E-state index in [2.05, 4.69) is 15.0 Å². The highest BCUT2D eigenvalue weighted by atomic mass is 32.2. The van der Waals surface area contributed by atoms with Gasteiger partial charge in [-0.15, -0.1) is 0 Å². The van der Waals surface area contributed by atoms with Crippen LogP contribution in [0.25, 0.3) is 11.3 Å². The number of carbonyl (C=O) groups excluding carboxylic acids is 1. The van der Waals surface area contributed by atoms with Gasteiger partial charge in [0.05, 0.1) is 16.7 Å². The van der Waals surface area contributed by atoms with E-state index in [1.165, 1.54) is 18.3 Å². The Balaban J connectivity index is 1.41. The normalized spacial score (nSPS) is 13.4. The minimum absolute atomic E-state index is 0.0125. The molecule has 3 aromatic rings. The fraction of sp³-hybridized carbons (Fsp3) is 0.238. The number of carbonyl (C=O) groups is 1. The van der Waals surface area contributed by atoms with Gasteiger partial charge in [0.2, 0.25) is 5.91 Å². The lowest BCUT2D eigenvalue weighted by atomic mass is 10.0. The molecule has 1 aliphatic heterocycles. The fourth-order valence-electron chi connectivity index (χ4n) is 3.45. The molecule has 1 amide bonds. The number of amides is 1. The SMILES string of the molecule is O=C(CCc1ncc(-c2ccc(F)cc2F)o1)NS(=O)(=O)c1cccc2c1CCCN2. The van der Waals surface area contributed by atoms with Crippen LogP contribution in [-0.4, -0.2) is 25.9 Å².